The summed E-state index contributed by atoms with van der Waals surface area (Å²) in [4.78, 5) is 10.8. The molecule has 0 unspecified atom stereocenters. The van der Waals surface area contributed by atoms with Crippen LogP contribution in [0.3, 0.4) is 0 Å². The molecule has 0 aliphatic carbocycles. The monoisotopic (exact) mass is 309 g/mol. The molecule has 1 aliphatic rings. The van der Waals surface area contributed by atoms with Crippen molar-refractivity contribution >= 4 is 11.0 Å². The molecule has 1 fully saturated rings. The first-order chi connectivity index (χ1) is 11.4. The quantitative estimate of drug-likeness (QED) is 0.787. The van der Waals surface area contributed by atoms with Gasteiger partial charge in [0, 0.05) is 25.0 Å². The molecule has 5 nitrogen and oxygen atoms in total. The van der Waals surface area contributed by atoms with E-state index in [2.05, 4.69) is 33.2 Å². The van der Waals surface area contributed by atoms with Gasteiger partial charge in [0.25, 0.3) is 0 Å². The Morgan fingerprint density at radius 2 is 2.13 bits per heavy atom. The number of aromatic nitrogens is 4. The summed E-state index contributed by atoms with van der Waals surface area (Å²) in [5.41, 5.74) is 2.19. The van der Waals surface area contributed by atoms with Crippen LogP contribution < -0.4 is 0 Å². The van der Waals surface area contributed by atoms with E-state index in [-0.39, 0.29) is 0 Å². The number of nitrogens with zero attached hydrogens (tertiary/aromatic N) is 4. The number of aryl methyl sites for hydroxylation is 1. The molecule has 3 aromatic rings. The third-order valence-electron chi connectivity index (χ3n) is 4.79. The number of likely N-dealkylation sites (tertiary alicyclic amines) is 1. The number of para-hydroxylation sites is 2. The Morgan fingerprint density at radius 3 is 3.00 bits per heavy atom. The van der Waals surface area contributed by atoms with Crippen molar-refractivity contribution in [2.24, 2.45) is 0 Å². The summed E-state index contributed by atoms with van der Waals surface area (Å²) in [5.74, 6) is 1.08. The zero-order valence-electron chi connectivity index (χ0n) is 13.4. The van der Waals surface area contributed by atoms with Crippen molar-refractivity contribution in [2.45, 2.75) is 44.8 Å². The summed E-state index contributed by atoms with van der Waals surface area (Å²) in [6.45, 7) is 3.08. The predicted molar refractivity (Wildman–Crippen MR) is 91.0 cm³/mol. The lowest BCUT2D eigenvalue weighted by Crippen LogP contribution is -2.39. The van der Waals surface area contributed by atoms with Crippen LogP contribution in [-0.2, 0) is 13.1 Å². The average Bonchev–Trinajstić information content (AvgIpc) is 3.23. The van der Waals surface area contributed by atoms with Crippen LogP contribution in [0, 0.1) is 0 Å². The SMILES string of the molecule is c1ccc2[nH]c(CN3CCCC[C@H]3CCn3cccn3)nc2c1. The number of hydrogen-bond donors (Lipinski definition) is 1. The maximum absolute atomic E-state index is 4.74. The first-order valence-electron chi connectivity index (χ1n) is 8.53. The Bertz CT molecular complexity index is 713. The van der Waals surface area contributed by atoms with Gasteiger partial charge in [-0.2, -0.15) is 5.10 Å². The van der Waals surface area contributed by atoms with Gasteiger partial charge in [0.15, 0.2) is 0 Å². The molecule has 1 N–H and O–H groups in total. The molecule has 0 saturated carbocycles. The maximum atomic E-state index is 4.74. The summed E-state index contributed by atoms with van der Waals surface area (Å²) in [5, 5.41) is 4.32. The average molecular weight is 309 g/mol. The van der Waals surface area contributed by atoms with E-state index in [1.807, 2.05) is 29.2 Å². The highest BCUT2D eigenvalue weighted by molar-refractivity contribution is 5.74. The van der Waals surface area contributed by atoms with Crippen molar-refractivity contribution in [1.82, 2.24) is 24.6 Å². The minimum absolute atomic E-state index is 0.626. The van der Waals surface area contributed by atoms with E-state index < -0.39 is 0 Å². The van der Waals surface area contributed by atoms with Gasteiger partial charge in [0.1, 0.15) is 5.82 Å². The van der Waals surface area contributed by atoms with Crippen molar-refractivity contribution in [2.75, 3.05) is 6.54 Å². The number of benzene rings is 1. The Hall–Kier alpha value is -2.14. The first kappa shape index (κ1) is 14.5. The number of fused-ring (bicyclic) bond motifs is 1. The minimum Gasteiger partial charge on any atom is -0.341 e. The van der Waals surface area contributed by atoms with Crippen LogP contribution >= 0.6 is 0 Å². The molecule has 120 valence electrons. The normalized spacial score (nSPS) is 19.4. The number of rotatable bonds is 5. The van der Waals surface area contributed by atoms with Crippen molar-refractivity contribution in [3.05, 3.63) is 48.5 Å². The third kappa shape index (κ3) is 3.29. The van der Waals surface area contributed by atoms with Gasteiger partial charge in [-0.3, -0.25) is 9.58 Å². The number of piperidine rings is 1. The third-order valence-corrected chi connectivity index (χ3v) is 4.79. The van der Waals surface area contributed by atoms with Crippen molar-refractivity contribution in [1.29, 1.82) is 0 Å². The molecule has 3 heterocycles. The van der Waals surface area contributed by atoms with Gasteiger partial charge < -0.3 is 4.98 Å². The predicted octanol–water partition coefficient (Wildman–Crippen LogP) is 3.20. The van der Waals surface area contributed by atoms with Crippen LogP contribution in [0.4, 0.5) is 0 Å². The van der Waals surface area contributed by atoms with E-state index in [9.17, 15) is 0 Å². The number of hydrogen-bond acceptors (Lipinski definition) is 3. The van der Waals surface area contributed by atoms with E-state index in [0.717, 1.165) is 36.4 Å². The van der Waals surface area contributed by atoms with Gasteiger partial charge in [-0.05, 0) is 44.0 Å². The summed E-state index contributed by atoms with van der Waals surface area (Å²) in [6.07, 6.45) is 8.96. The second-order valence-electron chi connectivity index (χ2n) is 6.38. The Morgan fingerprint density at radius 1 is 1.17 bits per heavy atom. The fourth-order valence-electron chi connectivity index (χ4n) is 3.58. The van der Waals surface area contributed by atoms with E-state index >= 15 is 0 Å². The molecule has 1 atom stereocenters. The van der Waals surface area contributed by atoms with Gasteiger partial charge in [-0.15, -0.1) is 0 Å². The Labute approximate surface area is 136 Å². The fraction of sp³-hybridized carbons (Fsp3) is 0.444. The van der Waals surface area contributed by atoms with Crippen molar-refractivity contribution in [3.8, 4) is 0 Å². The van der Waals surface area contributed by atoms with Gasteiger partial charge in [-0.25, -0.2) is 4.98 Å². The fourth-order valence-corrected chi connectivity index (χ4v) is 3.58. The molecular weight excluding hydrogens is 286 g/mol. The largest absolute Gasteiger partial charge is 0.341 e. The summed E-state index contributed by atoms with van der Waals surface area (Å²) >= 11 is 0. The van der Waals surface area contributed by atoms with Crippen molar-refractivity contribution < 1.29 is 0 Å². The van der Waals surface area contributed by atoms with E-state index in [4.69, 9.17) is 4.98 Å². The summed E-state index contributed by atoms with van der Waals surface area (Å²) in [7, 11) is 0. The molecule has 1 saturated heterocycles. The molecule has 5 heteroatoms. The molecule has 23 heavy (non-hydrogen) atoms. The topological polar surface area (TPSA) is 49.7 Å². The van der Waals surface area contributed by atoms with Gasteiger partial charge in [-0.1, -0.05) is 18.6 Å². The summed E-state index contributed by atoms with van der Waals surface area (Å²) < 4.78 is 2.04. The van der Waals surface area contributed by atoms with Crippen molar-refractivity contribution in [3.63, 3.8) is 0 Å². The lowest BCUT2D eigenvalue weighted by atomic mass is 9.99. The van der Waals surface area contributed by atoms with E-state index in [1.165, 1.54) is 25.8 Å². The number of H-pyrrole nitrogens is 1. The first-order valence-corrected chi connectivity index (χ1v) is 8.53. The smallest absolute Gasteiger partial charge is 0.121 e. The maximum Gasteiger partial charge on any atom is 0.121 e. The van der Waals surface area contributed by atoms with Crippen LogP contribution in [0.5, 0.6) is 0 Å². The zero-order chi connectivity index (χ0) is 15.5. The highest BCUT2D eigenvalue weighted by atomic mass is 15.3. The molecule has 0 radical (unpaired) electrons. The second kappa shape index (κ2) is 6.54. The van der Waals surface area contributed by atoms with E-state index in [1.54, 1.807) is 0 Å². The van der Waals surface area contributed by atoms with Crippen LogP contribution in [0.25, 0.3) is 11.0 Å². The second-order valence-corrected chi connectivity index (χ2v) is 6.38. The Balaban J connectivity index is 1.44. The van der Waals surface area contributed by atoms with E-state index in [0.29, 0.717) is 6.04 Å². The molecule has 0 spiro atoms. The number of nitrogens with one attached hydrogen (secondary N) is 1. The van der Waals surface area contributed by atoms with Gasteiger partial charge in [0.2, 0.25) is 0 Å². The van der Waals surface area contributed by atoms with Gasteiger partial charge >= 0.3 is 0 Å². The highest BCUT2D eigenvalue weighted by Crippen LogP contribution is 2.22. The molecule has 2 aromatic heterocycles. The standard InChI is InChI=1S/C18H23N5/c1-2-8-17-16(7-1)20-18(21-17)14-22-11-4-3-6-15(22)9-13-23-12-5-10-19-23/h1-2,5,7-8,10,12,15H,3-4,6,9,11,13-14H2,(H,20,21)/t15-/m0/s1. The molecule has 0 amide bonds. The lowest BCUT2D eigenvalue weighted by Gasteiger charge is -2.35. The van der Waals surface area contributed by atoms with Gasteiger partial charge in [0.05, 0.1) is 17.6 Å². The van der Waals surface area contributed by atoms with Crippen LogP contribution in [-0.4, -0.2) is 37.2 Å². The minimum atomic E-state index is 0.626. The highest BCUT2D eigenvalue weighted by Gasteiger charge is 2.23. The number of imidazole rings is 1. The van der Waals surface area contributed by atoms with Crippen LogP contribution in [0.1, 0.15) is 31.5 Å². The molecular formula is C18H23N5. The van der Waals surface area contributed by atoms with Crippen LogP contribution in [0.2, 0.25) is 0 Å². The Kier molecular flexibility index (Phi) is 4.11. The summed E-state index contributed by atoms with van der Waals surface area (Å²) in [6, 6.07) is 10.9. The molecule has 1 aromatic carbocycles. The lowest BCUT2D eigenvalue weighted by molar-refractivity contribution is 0.124. The molecule has 4 rings (SSSR count). The molecule has 1 aliphatic heterocycles. The van der Waals surface area contributed by atoms with Crippen LogP contribution in [0.15, 0.2) is 42.7 Å². The number of aromatic amines is 1. The zero-order valence-corrected chi connectivity index (χ0v) is 13.4. The molecule has 0 bridgehead atoms.